The summed E-state index contributed by atoms with van der Waals surface area (Å²) in [6.07, 6.45) is 4.23. The van der Waals surface area contributed by atoms with E-state index in [1.54, 1.807) is 0 Å². The maximum absolute atomic E-state index is 2.41. The van der Waals surface area contributed by atoms with E-state index >= 15 is 0 Å². The Morgan fingerprint density at radius 3 is 1.60 bits per heavy atom. The summed E-state index contributed by atoms with van der Waals surface area (Å²) in [5.74, 6) is 1.89. The van der Waals surface area contributed by atoms with Crippen LogP contribution in [-0.4, -0.2) is 50.1 Å². The molecule has 2 heterocycles. The molecule has 0 aromatic heterocycles. The van der Waals surface area contributed by atoms with Gasteiger partial charge in [0, 0.05) is 13.1 Å². The molecule has 2 aliphatic rings. The van der Waals surface area contributed by atoms with E-state index in [0.29, 0.717) is 0 Å². The lowest BCUT2D eigenvalue weighted by molar-refractivity contribution is 0.221. The Balaban J connectivity index is 0.000000151. The van der Waals surface area contributed by atoms with Crippen molar-refractivity contribution in [2.45, 2.75) is 33.1 Å². The average molecular weight is 212 g/mol. The Morgan fingerprint density at radius 2 is 1.33 bits per heavy atom. The Labute approximate surface area is 95.6 Å². The predicted molar refractivity (Wildman–Crippen MR) is 67.2 cm³/mol. The van der Waals surface area contributed by atoms with Gasteiger partial charge in [0.25, 0.3) is 0 Å². The first-order chi connectivity index (χ1) is 7.08. The second-order valence-corrected chi connectivity index (χ2v) is 5.67. The highest BCUT2D eigenvalue weighted by Crippen LogP contribution is 2.13. The van der Waals surface area contributed by atoms with Crippen molar-refractivity contribution in [2.24, 2.45) is 11.8 Å². The minimum Gasteiger partial charge on any atom is -0.306 e. The largest absolute Gasteiger partial charge is 0.306 e. The number of piperidine rings is 1. The molecule has 90 valence electrons. The fourth-order valence-electron chi connectivity index (χ4n) is 2.58. The molecule has 0 aromatic rings. The highest BCUT2D eigenvalue weighted by atomic mass is 15.1. The third kappa shape index (κ3) is 5.53. The summed E-state index contributed by atoms with van der Waals surface area (Å²) >= 11 is 0. The Kier molecular flexibility index (Phi) is 5.62. The first kappa shape index (κ1) is 13.0. The molecule has 0 aromatic carbocycles. The second kappa shape index (κ2) is 6.49. The fraction of sp³-hybridized carbons (Fsp3) is 1.00. The number of nitrogens with zero attached hydrogens (tertiary/aromatic N) is 2. The van der Waals surface area contributed by atoms with E-state index in [9.17, 15) is 0 Å². The van der Waals surface area contributed by atoms with Crippen LogP contribution in [0.5, 0.6) is 0 Å². The third-order valence-corrected chi connectivity index (χ3v) is 3.49. The van der Waals surface area contributed by atoms with Crippen LogP contribution in [0, 0.1) is 11.8 Å². The van der Waals surface area contributed by atoms with Crippen LogP contribution in [0.15, 0.2) is 0 Å². The van der Waals surface area contributed by atoms with Gasteiger partial charge in [-0.1, -0.05) is 13.8 Å². The zero-order valence-corrected chi connectivity index (χ0v) is 11.0. The summed E-state index contributed by atoms with van der Waals surface area (Å²) in [4.78, 5) is 4.79. The molecule has 2 rings (SSSR count). The predicted octanol–water partition coefficient (Wildman–Crippen LogP) is 2.31. The van der Waals surface area contributed by atoms with Crippen molar-refractivity contribution in [3.8, 4) is 0 Å². The molecular formula is C13H28N2. The maximum Gasteiger partial charge on any atom is 0.000445 e. The summed E-state index contributed by atoms with van der Waals surface area (Å²) in [6.45, 7) is 9.87. The molecule has 0 aliphatic carbocycles. The van der Waals surface area contributed by atoms with Crippen LogP contribution in [0.3, 0.4) is 0 Å². The van der Waals surface area contributed by atoms with Gasteiger partial charge in [-0.15, -0.1) is 0 Å². The van der Waals surface area contributed by atoms with Crippen LogP contribution >= 0.6 is 0 Å². The summed E-state index contributed by atoms with van der Waals surface area (Å²) in [5, 5.41) is 0. The highest BCUT2D eigenvalue weighted by molar-refractivity contribution is 4.67. The molecule has 2 atom stereocenters. The van der Waals surface area contributed by atoms with E-state index in [2.05, 4.69) is 37.7 Å². The molecule has 15 heavy (non-hydrogen) atoms. The number of hydrogen-bond donors (Lipinski definition) is 0. The van der Waals surface area contributed by atoms with Crippen molar-refractivity contribution < 1.29 is 0 Å². The molecule has 0 radical (unpaired) electrons. The lowest BCUT2D eigenvalue weighted by Gasteiger charge is -2.26. The lowest BCUT2D eigenvalue weighted by Crippen LogP contribution is -2.30. The van der Waals surface area contributed by atoms with Gasteiger partial charge < -0.3 is 9.80 Å². The molecule has 0 N–H and O–H groups in total. The van der Waals surface area contributed by atoms with E-state index in [4.69, 9.17) is 0 Å². The van der Waals surface area contributed by atoms with Gasteiger partial charge in [0.05, 0.1) is 0 Å². The SMILES string of the molecule is CC1CCCN(C)C1.CC1CCN(C)C1. The van der Waals surface area contributed by atoms with Gasteiger partial charge in [-0.05, 0) is 58.3 Å². The molecule has 0 amide bonds. The molecule has 0 saturated carbocycles. The molecule has 2 nitrogen and oxygen atoms in total. The Morgan fingerprint density at radius 1 is 0.800 bits per heavy atom. The van der Waals surface area contributed by atoms with Crippen LogP contribution in [0.1, 0.15) is 33.1 Å². The van der Waals surface area contributed by atoms with E-state index in [1.165, 1.54) is 45.4 Å². The molecule has 2 saturated heterocycles. The van der Waals surface area contributed by atoms with Crippen LogP contribution < -0.4 is 0 Å². The van der Waals surface area contributed by atoms with Gasteiger partial charge in [0.1, 0.15) is 0 Å². The standard InChI is InChI=1S/C7H15N.C6H13N/c1-7-4-3-5-8(2)6-7;1-6-3-4-7(2)5-6/h7H,3-6H2,1-2H3;6H,3-5H2,1-2H3. The van der Waals surface area contributed by atoms with E-state index in [1.807, 2.05) is 0 Å². The van der Waals surface area contributed by atoms with Gasteiger partial charge >= 0.3 is 0 Å². The van der Waals surface area contributed by atoms with Crippen LogP contribution in [0.4, 0.5) is 0 Å². The second-order valence-electron chi connectivity index (χ2n) is 5.67. The summed E-state index contributed by atoms with van der Waals surface area (Å²) in [6, 6.07) is 0. The Bertz CT molecular complexity index is 154. The Hall–Kier alpha value is -0.0800. The van der Waals surface area contributed by atoms with Gasteiger partial charge in [-0.3, -0.25) is 0 Å². The first-order valence-corrected chi connectivity index (χ1v) is 6.45. The van der Waals surface area contributed by atoms with Crippen molar-refractivity contribution in [2.75, 3.05) is 40.3 Å². The van der Waals surface area contributed by atoms with Crippen molar-refractivity contribution >= 4 is 0 Å². The topological polar surface area (TPSA) is 6.48 Å². The number of rotatable bonds is 0. The smallest absolute Gasteiger partial charge is 0.000445 e. The van der Waals surface area contributed by atoms with E-state index in [0.717, 1.165) is 11.8 Å². The summed E-state index contributed by atoms with van der Waals surface area (Å²) in [5.41, 5.74) is 0. The van der Waals surface area contributed by atoms with Gasteiger partial charge in [0.15, 0.2) is 0 Å². The number of likely N-dealkylation sites (tertiary alicyclic amines) is 2. The maximum atomic E-state index is 2.41. The van der Waals surface area contributed by atoms with Crippen molar-refractivity contribution in [1.82, 2.24) is 9.80 Å². The third-order valence-electron chi connectivity index (χ3n) is 3.49. The van der Waals surface area contributed by atoms with Crippen LogP contribution in [0.25, 0.3) is 0 Å². The molecule has 0 spiro atoms. The lowest BCUT2D eigenvalue weighted by atomic mass is 10.0. The molecule has 2 heteroatoms. The zero-order valence-electron chi connectivity index (χ0n) is 11.0. The van der Waals surface area contributed by atoms with Crippen LogP contribution in [0.2, 0.25) is 0 Å². The van der Waals surface area contributed by atoms with E-state index < -0.39 is 0 Å². The minimum absolute atomic E-state index is 0.939. The van der Waals surface area contributed by atoms with Gasteiger partial charge in [-0.2, -0.15) is 0 Å². The molecule has 0 bridgehead atoms. The average Bonchev–Trinajstić information content (AvgIpc) is 2.50. The van der Waals surface area contributed by atoms with Crippen molar-refractivity contribution in [1.29, 1.82) is 0 Å². The molecule has 2 unspecified atom stereocenters. The zero-order chi connectivity index (χ0) is 11.3. The summed E-state index contributed by atoms with van der Waals surface area (Å²) in [7, 11) is 4.39. The molecule has 2 aliphatic heterocycles. The van der Waals surface area contributed by atoms with Gasteiger partial charge in [-0.25, -0.2) is 0 Å². The molecule has 2 fully saturated rings. The minimum atomic E-state index is 0.939. The normalized spacial score (nSPS) is 33.6. The highest BCUT2D eigenvalue weighted by Gasteiger charge is 2.13. The molecular weight excluding hydrogens is 184 g/mol. The number of hydrogen-bond acceptors (Lipinski definition) is 2. The monoisotopic (exact) mass is 212 g/mol. The van der Waals surface area contributed by atoms with Crippen molar-refractivity contribution in [3.05, 3.63) is 0 Å². The first-order valence-electron chi connectivity index (χ1n) is 6.45. The van der Waals surface area contributed by atoms with Gasteiger partial charge in [0.2, 0.25) is 0 Å². The van der Waals surface area contributed by atoms with Crippen molar-refractivity contribution in [3.63, 3.8) is 0 Å². The quantitative estimate of drug-likeness (QED) is 0.608. The van der Waals surface area contributed by atoms with Crippen LogP contribution in [-0.2, 0) is 0 Å². The fourth-order valence-corrected chi connectivity index (χ4v) is 2.58. The summed E-state index contributed by atoms with van der Waals surface area (Å²) < 4.78 is 0. The van der Waals surface area contributed by atoms with E-state index in [-0.39, 0.29) is 0 Å².